The van der Waals surface area contributed by atoms with Crippen LogP contribution in [0.3, 0.4) is 0 Å². The Morgan fingerprint density at radius 3 is 2.65 bits per heavy atom. The highest BCUT2D eigenvalue weighted by molar-refractivity contribution is 5.98. The lowest BCUT2D eigenvalue weighted by Gasteiger charge is -2.23. The van der Waals surface area contributed by atoms with Gasteiger partial charge in [0.1, 0.15) is 28.6 Å². The van der Waals surface area contributed by atoms with Crippen molar-refractivity contribution in [3.8, 4) is 17.2 Å². The number of rotatable bonds is 7. The highest BCUT2D eigenvalue weighted by atomic mass is 16.5. The Labute approximate surface area is 268 Å². The van der Waals surface area contributed by atoms with Crippen molar-refractivity contribution in [2.24, 2.45) is 0 Å². The highest BCUT2D eigenvalue weighted by Crippen LogP contribution is 2.44. The van der Waals surface area contributed by atoms with Crippen LogP contribution in [0.25, 0.3) is 17.0 Å². The maximum Gasteiger partial charge on any atom is 0.342 e. The first-order chi connectivity index (χ1) is 22.2. The number of aromatic hydroxyl groups is 2. The zero-order chi connectivity index (χ0) is 32.6. The standard InChI is InChI=1S/C37H40N2O7/c1-23-8-6-12-27(40)11-5-3-4-9-25-20-32(41)35(36(43)34(25)37(44)46-23)30(24-14-16-28(45-2)17-15-24)21-33(42)39-22-26-10-7-13-31-29(26)18-19-38-31/h4,7,9-10,13-20,23,30,38,41,43H,3,5-6,8,11-12,21-22H2,1-2H3,(H,39,42)/t23-,30?/m0/s1. The fraction of sp³-hybridized carbons (Fsp3) is 0.324. The zero-order valence-electron chi connectivity index (χ0n) is 26.2. The van der Waals surface area contributed by atoms with Gasteiger partial charge in [0.25, 0.3) is 0 Å². The van der Waals surface area contributed by atoms with E-state index in [1.165, 1.54) is 6.07 Å². The number of amides is 1. The lowest BCUT2D eigenvalue weighted by molar-refractivity contribution is -0.121. The van der Waals surface area contributed by atoms with Gasteiger partial charge >= 0.3 is 5.97 Å². The Hall–Kier alpha value is -5.05. The van der Waals surface area contributed by atoms with E-state index in [0.717, 1.165) is 16.5 Å². The minimum absolute atomic E-state index is 0.0523. The second kappa shape index (κ2) is 14.8. The molecule has 1 aliphatic heterocycles. The number of aromatic amines is 1. The molecule has 1 amide bonds. The molecule has 0 radical (unpaired) electrons. The average Bonchev–Trinajstić information content (AvgIpc) is 3.52. The molecule has 1 unspecified atom stereocenters. The number of Topliss-reactive ketones (excluding diaryl/α,β-unsaturated/α-hetero) is 1. The molecule has 4 aromatic rings. The van der Waals surface area contributed by atoms with E-state index in [1.807, 2.05) is 36.5 Å². The van der Waals surface area contributed by atoms with Crippen LogP contribution in [-0.4, -0.2) is 46.1 Å². The van der Waals surface area contributed by atoms with E-state index in [9.17, 15) is 24.6 Å². The summed E-state index contributed by atoms with van der Waals surface area (Å²) in [6.45, 7) is 2.03. The first-order valence-electron chi connectivity index (χ1n) is 15.7. The number of hydrogen-bond donors (Lipinski definition) is 4. The summed E-state index contributed by atoms with van der Waals surface area (Å²) in [6, 6.07) is 16.2. The SMILES string of the molecule is COc1ccc(C(CC(=O)NCc2cccc3[nH]ccc23)c2c(O)cc3c(c2O)C(=O)O[C@@H](C)CCCC(=O)CCCC=C3)cc1. The Morgan fingerprint density at radius 2 is 1.87 bits per heavy atom. The highest BCUT2D eigenvalue weighted by Gasteiger charge is 2.31. The minimum atomic E-state index is -0.812. The second-order valence-electron chi connectivity index (χ2n) is 11.7. The number of fused-ring (bicyclic) bond motifs is 2. The number of methoxy groups -OCH3 is 1. The summed E-state index contributed by atoms with van der Waals surface area (Å²) in [4.78, 5) is 42.4. The summed E-state index contributed by atoms with van der Waals surface area (Å²) in [5, 5.41) is 27.1. The number of ketones is 1. The van der Waals surface area contributed by atoms with Crippen molar-refractivity contribution in [3.63, 3.8) is 0 Å². The van der Waals surface area contributed by atoms with E-state index in [1.54, 1.807) is 44.4 Å². The fourth-order valence-corrected chi connectivity index (χ4v) is 6.00. The number of aromatic nitrogens is 1. The van der Waals surface area contributed by atoms with Crippen LogP contribution in [0.1, 0.15) is 90.4 Å². The van der Waals surface area contributed by atoms with Gasteiger partial charge in [-0.05, 0) is 79.6 Å². The smallest absolute Gasteiger partial charge is 0.342 e. The van der Waals surface area contributed by atoms with Crippen LogP contribution in [0.5, 0.6) is 17.2 Å². The molecule has 0 fully saturated rings. The number of ether oxygens (including phenoxy) is 2. The van der Waals surface area contributed by atoms with Gasteiger partial charge in [-0.2, -0.15) is 0 Å². The molecule has 0 spiro atoms. The topological polar surface area (TPSA) is 138 Å². The Morgan fingerprint density at radius 1 is 1.09 bits per heavy atom. The minimum Gasteiger partial charge on any atom is -0.507 e. The first kappa shape index (κ1) is 32.3. The zero-order valence-corrected chi connectivity index (χ0v) is 26.2. The number of phenols is 2. The molecular formula is C37H40N2O7. The van der Waals surface area contributed by atoms with E-state index >= 15 is 0 Å². The van der Waals surface area contributed by atoms with Crippen molar-refractivity contribution in [2.75, 3.05) is 7.11 Å². The average molecular weight is 625 g/mol. The maximum absolute atomic E-state index is 13.6. The summed E-state index contributed by atoms with van der Waals surface area (Å²) in [6.07, 6.45) is 7.93. The molecule has 240 valence electrons. The molecule has 9 nitrogen and oxygen atoms in total. The molecule has 1 aliphatic rings. The van der Waals surface area contributed by atoms with Crippen LogP contribution in [-0.2, 0) is 20.9 Å². The fourth-order valence-electron chi connectivity index (χ4n) is 6.00. The van der Waals surface area contributed by atoms with Gasteiger partial charge < -0.3 is 30.0 Å². The molecule has 3 aromatic carbocycles. The number of nitrogens with one attached hydrogen (secondary N) is 2. The predicted octanol–water partition coefficient (Wildman–Crippen LogP) is 6.91. The van der Waals surface area contributed by atoms with Gasteiger partial charge in [-0.15, -0.1) is 0 Å². The number of esters is 1. The van der Waals surface area contributed by atoms with Crippen molar-refractivity contribution in [2.45, 2.75) is 70.4 Å². The van der Waals surface area contributed by atoms with E-state index in [0.29, 0.717) is 49.8 Å². The molecule has 2 atom stereocenters. The molecule has 0 bridgehead atoms. The Kier molecular flexibility index (Phi) is 10.4. The van der Waals surface area contributed by atoms with E-state index in [-0.39, 0.29) is 47.1 Å². The van der Waals surface area contributed by atoms with Crippen LogP contribution in [0, 0.1) is 0 Å². The largest absolute Gasteiger partial charge is 0.507 e. The molecule has 1 aromatic heterocycles. The molecule has 46 heavy (non-hydrogen) atoms. The predicted molar refractivity (Wildman–Crippen MR) is 176 cm³/mol. The van der Waals surface area contributed by atoms with Crippen LogP contribution in [0.15, 0.2) is 66.9 Å². The molecule has 0 saturated heterocycles. The summed E-state index contributed by atoms with van der Waals surface area (Å²) in [5.41, 5.74) is 2.80. The number of carbonyl (C=O) groups excluding carboxylic acids is 3. The third-order valence-corrected chi connectivity index (χ3v) is 8.47. The van der Waals surface area contributed by atoms with Crippen molar-refractivity contribution >= 4 is 34.6 Å². The number of carbonyl (C=O) groups is 3. The maximum atomic E-state index is 13.6. The van der Waals surface area contributed by atoms with Gasteiger partial charge in [0.05, 0.1) is 13.2 Å². The normalized spacial score (nSPS) is 16.7. The number of H-pyrrole nitrogens is 1. The lowest BCUT2D eigenvalue weighted by atomic mass is 9.84. The molecule has 5 rings (SSSR count). The third kappa shape index (κ3) is 7.59. The molecular weight excluding hydrogens is 584 g/mol. The monoisotopic (exact) mass is 624 g/mol. The third-order valence-electron chi connectivity index (χ3n) is 8.47. The van der Waals surface area contributed by atoms with Gasteiger partial charge in [0, 0.05) is 54.4 Å². The van der Waals surface area contributed by atoms with Gasteiger partial charge in [-0.1, -0.05) is 36.4 Å². The van der Waals surface area contributed by atoms with Gasteiger partial charge in [-0.3, -0.25) is 9.59 Å². The van der Waals surface area contributed by atoms with Crippen molar-refractivity contribution in [3.05, 3.63) is 94.7 Å². The van der Waals surface area contributed by atoms with Crippen LogP contribution >= 0.6 is 0 Å². The van der Waals surface area contributed by atoms with E-state index in [2.05, 4.69) is 10.3 Å². The second-order valence-corrected chi connectivity index (χ2v) is 11.7. The summed E-state index contributed by atoms with van der Waals surface area (Å²) < 4.78 is 11.0. The summed E-state index contributed by atoms with van der Waals surface area (Å²) in [5.74, 6) is -1.78. The molecule has 9 heteroatoms. The van der Waals surface area contributed by atoms with E-state index in [4.69, 9.17) is 9.47 Å². The number of phenolic OH excluding ortho intramolecular Hbond substituents is 2. The van der Waals surface area contributed by atoms with E-state index < -0.39 is 23.7 Å². The van der Waals surface area contributed by atoms with Crippen molar-refractivity contribution < 1.29 is 34.1 Å². The quantitative estimate of drug-likeness (QED) is 0.164. The molecule has 0 saturated carbocycles. The number of cyclic esters (lactones) is 1. The number of allylic oxidation sites excluding steroid dienone is 1. The first-order valence-corrected chi connectivity index (χ1v) is 15.7. The molecule has 2 heterocycles. The van der Waals surface area contributed by atoms with Crippen molar-refractivity contribution in [1.29, 1.82) is 0 Å². The van der Waals surface area contributed by atoms with Gasteiger partial charge in [0.2, 0.25) is 5.91 Å². The molecule has 0 aliphatic carbocycles. The molecule has 4 N–H and O–H groups in total. The van der Waals surface area contributed by atoms with Gasteiger partial charge in [-0.25, -0.2) is 4.79 Å². The van der Waals surface area contributed by atoms with Crippen LogP contribution < -0.4 is 10.1 Å². The summed E-state index contributed by atoms with van der Waals surface area (Å²) >= 11 is 0. The lowest BCUT2D eigenvalue weighted by Crippen LogP contribution is -2.25. The Balaban J connectivity index is 1.51. The van der Waals surface area contributed by atoms with Crippen molar-refractivity contribution in [1.82, 2.24) is 10.3 Å². The van der Waals surface area contributed by atoms with Crippen LogP contribution in [0.4, 0.5) is 0 Å². The Bertz CT molecular complexity index is 1740. The number of hydrogen-bond acceptors (Lipinski definition) is 7. The van der Waals surface area contributed by atoms with Gasteiger partial charge in [0.15, 0.2) is 0 Å². The van der Waals surface area contributed by atoms with Crippen LogP contribution in [0.2, 0.25) is 0 Å². The summed E-state index contributed by atoms with van der Waals surface area (Å²) in [7, 11) is 1.55. The number of benzene rings is 3.